The van der Waals surface area contributed by atoms with Crippen LogP contribution in [-0.2, 0) is 7.05 Å². The second-order valence-corrected chi connectivity index (χ2v) is 7.90. The minimum Gasteiger partial charge on any atom is -0.367 e. The molecule has 1 fully saturated rings. The number of hydrogen-bond acceptors (Lipinski definition) is 7. The average molecular weight is 448 g/mol. The predicted octanol–water partition coefficient (Wildman–Crippen LogP) is 3.03. The lowest BCUT2D eigenvalue weighted by Crippen LogP contribution is -2.23. The maximum absolute atomic E-state index is 12.4. The Bertz CT molecular complexity index is 1410. The van der Waals surface area contributed by atoms with E-state index in [-0.39, 0.29) is 22.0 Å². The van der Waals surface area contributed by atoms with Gasteiger partial charge in [0.1, 0.15) is 28.0 Å². The van der Waals surface area contributed by atoms with Gasteiger partial charge in [0.25, 0.3) is 11.5 Å². The number of pyridine rings is 2. The molecule has 32 heavy (non-hydrogen) atoms. The summed E-state index contributed by atoms with van der Waals surface area (Å²) in [4.78, 5) is 28.4. The normalized spacial score (nSPS) is 13.7. The molecule has 1 amide bonds. The Labute approximate surface area is 188 Å². The molecule has 160 valence electrons. The van der Waals surface area contributed by atoms with E-state index < -0.39 is 11.4 Å². The van der Waals surface area contributed by atoms with Crippen molar-refractivity contribution in [2.45, 2.75) is 18.4 Å². The first-order valence-corrected chi connectivity index (χ1v) is 10.1. The van der Waals surface area contributed by atoms with E-state index in [0.29, 0.717) is 35.4 Å². The van der Waals surface area contributed by atoms with Gasteiger partial charge >= 0.3 is 0 Å². The SMILES string of the molecule is CNC(=O)c1cc(Nc2ccc3c(c2)c(NC2(C#N)CC2)cc(=O)n3C)c(C#N)c(Cl)n1. The average Bonchev–Trinajstić information content (AvgIpc) is 3.56. The smallest absolute Gasteiger partial charge is 0.269 e. The molecule has 1 saturated carbocycles. The molecule has 3 N–H and O–H groups in total. The van der Waals surface area contributed by atoms with Crippen molar-refractivity contribution < 1.29 is 4.79 Å². The number of hydrogen-bond donors (Lipinski definition) is 3. The molecule has 0 saturated heterocycles. The minimum absolute atomic E-state index is 0.0641. The van der Waals surface area contributed by atoms with Crippen LogP contribution in [0.3, 0.4) is 0 Å². The Hall–Kier alpha value is -4.08. The molecule has 0 spiro atoms. The maximum Gasteiger partial charge on any atom is 0.269 e. The van der Waals surface area contributed by atoms with Gasteiger partial charge in [-0.05, 0) is 37.1 Å². The Kier molecular flexibility index (Phi) is 5.21. The summed E-state index contributed by atoms with van der Waals surface area (Å²) in [7, 11) is 3.14. The second kappa shape index (κ2) is 7.88. The fourth-order valence-electron chi connectivity index (χ4n) is 3.41. The summed E-state index contributed by atoms with van der Waals surface area (Å²) in [5.74, 6) is -0.439. The first kappa shape index (κ1) is 21.2. The summed E-state index contributed by atoms with van der Waals surface area (Å²) >= 11 is 6.12. The zero-order valence-corrected chi connectivity index (χ0v) is 18.0. The van der Waals surface area contributed by atoms with Crippen LogP contribution in [0.15, 0.2) is 35.1 Å². The first-order valence-electron chi connectivity index (χ1n) is 9.74. The van der Waals surface area contributed by atoms with Gasteiger partial charge < -0.3 is 20.5 Å². The lowest BCUT2D eigenvalue weighted by Gasteiger charge is -2.17. The van der Waals surface area contributed by atoms with E-state index in [1.54, 1.807) is 25.2 Å². The topological polar surface area (TPSA) is 136 Å². The van der Waals surface area contributed by atoms with Crippen LogP contribution in [0.2, 0.25) is 5.15 Å². The summed E-state index contributed by atoms with van der Waals surface area (Å²) in [6.07, 6.45) is 1.42. The third kappa shape index (κ3) is 3.70. The van der Waals surface area contributed by atoms with Crippen LogP contribution in [0, 0.1) is 22.7 Å². The number of fused-ring (bicyclic) bond motifs is 1. The molecule has 0 aliphatic heterocycles. The number of carbonyl (C=O) groups is 1. The van der Waals surface area contributed by atoms with E-state index in [0.717, 1.165) is 5.39 Å². The minimum atomic E-state index is -0.655. The number of nitrogens with one attached hydrogen (secondary N) is 3. The molecule has 9 nitrogen and oxygen atoms in total. The number of amides is 1. The van der Waals surface area contributed by atoms with E-state index in [1.165, 1.54) is 23.7 Å². The Morgan fingerprint density at radius 3 is 2.59 bits per heavy atom. The number of rotatable bonds is 5. The van der Waals surface area contributed by atoms with Crippen molar-refractivity contribution in [2.75, 3.05) is 17.7 Å². The highest BCUT2D eigenvalue weighted by Gasteiger charge is 2.43. The molecule has 2 heterocycles. The van der Waals surface area contributed by atoms with Gasteiger partial charge in [0.2, 0.25) is 0 Å². The number of benzene rings is 1. The van der Waals surface area contributed by atoms with Crippen LogP contribution in [0.25, 0.3) is 10.9 Å². The molecule has 4 rings (SSSR count). The van der Waals surface area contributed by atoms with Crippen molar-refractivity contribution in [3.63, 3.8) is 0 Å². The van der Waals surface area contributed by atoms with Gasteiger partial charge in [-0.25, -0.2) is 4.98 Å². The molecule has 0 bridgehead atoms. The molecule has 0 atom stereocenters. The predicted molar refractivity (Wildman–Crippen MR) is 121 cm³/mol. The molecule has 0 radical (unpaired) electrons. The summed E-state index contributed by atoms with van der Waals surface area (Å²) in [5, 5.41) is 28.4. The highest BCUT2D eigenvalue weighted by molar-refractivity contribution is 6.31. The summed E-state index contributed by atoms with van der Waals surface area (Å²) in [6.45, 7) is 0. The molecular formula is C22H18ClN7O2. The Morgan fingerprint density at radius 2 is 1.97 bits per heavy atom. The number of nitriles is 2. The third-order valence-electron chi connectivity index (χ3n) is 5.41. The molecule has 1 aromatic carbocycles. The van der Waals surface area contributed by atoms with Crippen LogP contribution in [0.1, 0.15) is 28.9 Å². The second-order valence-electron chi connectivity index (χ2n) is 7.54. The standard InChI is InChI=1S/C22H18ClN7O2/c1-26-21(32)17-8-15(14(10-24)20(23)28-17)27-12-3-4-18-13(7-12)16(9-19(31)30(18)2)29-22(11-25)5-6-22/h3-4,7-9,29H,5-6H2,1-2H3,(H,26,32)(H,27,28). The van der Waals surface area contributed by atoms with Gasteiger partial charge in [0, 0.05) is 31.2 Å². The fourth-order valence-corrected chi connectivity index (χ4v) is 3.64. The lowest BCUT2D eigenvalue weighted by molar-refractivity contribution is 0.0958. The number of halogens is 1. The van der Waals surface area contributed by atoms with E-state index in [2.05, 4.69) is 27.0 Å². The maximum atomic E-state index is 12.4. The summed E-state index contributed by atoms with van der Waals surface area (Å²) < 4.78 is 1.52. The molecule has 3 aromatic rings. The quantitative estimate of drug-likeness (QED) is 0.511. The lowest BCUT2D eigenvalue weighted by atomic mass is 10.1. The van der Waals surface area contributed by atoms with Crippen molar-refractivity contribution in [3.8, 4) is 12.1 Å². The van der Waals surface area contributed by atoms with E-state index in [1.807, 2.05) is 6.07 Å². The van der Waals surface area contributed by atoms with Gasteiger partial charge in [0.15, 0.2) is 0 Å². The number of aromatic nitrogens is 2. The van der Waals surface area contributed by atoms with Crippen LogP contribution in [-0.4, -0.2) is 28.0 Å². The van der Waals surface area contributed by atoms with Crippen LogP contribution < -0.4 is 21.5 Å². The summed E-state index contributed by atoms with van der Waals surface area (Å²) in [6, 6.07) is 12.5. The van der Waals surface area contributed by atoms with Crippen molar-refractivity contribution in [2.24, 2.45) is 7.05 Å². The molecule has 10 heteroatoms. The highest BCUT2D eigenvalue weighted by Crippen LogP contribution is 2.40. The van der Waals surface area contributed by atoms with Crippen molar-refractivity contribution in [1.29, 1.82) is 10.5 Å². The molecular weight excluding hydrogens is 430 g/mol. The Balaban J connectivity index is 1.82. The summed E-state index contributed by atoms with van der Waals surface area (Å²) in [5.41, 5.74) is 1.47. The number of nitrogens with zero attached hydrogens (tertiary/aromatic N) is 4. The van der Waals surface area contributed by atoms with Gasteiger partial charge in [-0.3, -0.25) is 9.59 Å². The van der Waals surface area contributed by atoms with Crippen molar-refractivity contribution in [1.82, 2.24) is 14.9 Å². The van der Waals surface area contributed by atoms with Crippen molar-refractivity contribution >= 4 is 45.5 Å². The van der Waals surface area contributed by atoms with Gasteiger partial charge in [-0.1, -0.05) is 11.6 Å². The van der Waals surface area contributed by atoms with Gasteiger partial charge in [-0.2, -0.15) is 10.5 Å². The van der Waals surface area contributed by atoms with Crippen LogP contribution >= 0.6 is 11.6 Å². The zero-order valence-electron chi connectivity index (χ0n) is 17.3. The van der Waals surface area contributed by atoms with E-state index >= 15 is 0 Å². The Morgan fingerprint density at radius 1 is 1.22 bits per heavy atom. The highest BCUT2D eigenvalue weighted by atomic mass is 35.5. The molecule has 0 unspecified atom stereocenters. The number of anilines is 3. The van der Waals surface area contributed by atoms with Crippen LogP contribution in [0.5, 0.6) is 0 Å². The van der Waals surface area contributed by atoms with E-state index in [4.69, 9.17) is 11.6 Å². The number of carbonyl (C=O) groups excluding carboxylic acids is 1. The molecule has 2 aromatic heterocycles. The monoisotopic (exact) mass is 447 g/mol. The number of aryl methyl sites for hydroxylation is 1. The fraction of sp³-hybridized carbons (Fsp3) is 0.227. The van der Waals surface area contributed by atoms with E-state index in [9.17, 15) is 20.1 Å². The first-order chi connectivity index (χ1) is 15.3. The molecule has 1 aliphatic rings. The van der Waals surface area contributed by atoms with Gasteiger partial charge in [-0.15, -0.1) is 0 Å². The van der Waals surface area contributed by atoms with Crippen molar-refractivity contribution in [3.05, 3.63) is 57.1 Å². The third-order valence-corrected chi connectivity index (χ3v) is 5.68. The van der Waals surface area contributed by atoms with Gasteiger partial charge in [0.05, 0.1) is 23.0 Å². The largest absolute Gasteiger partial charge is 0.367 e. The van der Waals surface area contributed by atoms with Crippen LogP contribution in [0.4, 0.5) is 17.1 Å². The zero-order chi connectivity index (χ0) is 23.0. The molecule has 1 aliphatic carbocycles.